The van der Waals surface area contributed by atoms with E-state index in [1.165, 1.54) is 33.4 Å². The second kappa shape index (κ2) is 48.4. The average molecular weight is 1640 g/mol. The molecule has 36 heteroatoms. The minimum Gasteiger partial charge on any atom is -0.481 e. The Balaban J connectivity index is 1.43. The van der Waals surface area contributed by atoms with Crippen molar-refractivity contribution in [2.24, 2.45) is 17.8 Å². The van der Waals surface area contributed by atoms with Gasteiger partial charge in [0, 0.05) is 121 Å². The lowest BCUT2D eigenvalue weighted by Gasteiger charge is -2.38. The van der Waals surface area contributed by atoms with E-state index in [1.54, 1.807) is 63.0 Å². The van der Waals surface area contributed by atoms with E-state index in [0.29, 0.717) is 43.6 Å². The maximum Gasteiger partial charge on any atom is 0.306 e. The number of hydrogen-bond acceptors (Lipinski definition) is 25. The molecule has 3 aliphatic heterocycles. The van der Waals surface area contributed by atoms with Crippen LogP contribution in [-0.2, 0) is 104 Å². The van der Waals surface area contributed by atoms with Gasteiger partial charge in [-0.25, -0.2) is 4.98 Å². The molecule has 4 heterocycles. The Hall–Kier alpha value is -8.00. The number of nitrogens with zero attached hydrogens (tertiary/aromatic N) is 5. The number of thiazole rings is 1. The highest BCUT2D eigenvalue weighted by Gasteiger charge is 2.48. The molecule has 0 spiro atoms. The number of ketones is 1. The van der Waals surface area contributed by atoms with Crippen molar-refractivity contribution in [3.05, 3.63) is 45.4 Å². The van der Waals surface area contributed by atoms with Crippen LogP contribution in [0.3, 0.4) is 0 Å². The van der Waals surface area contributed by atoms with Gasteiger partial charge < -0.3 is 70.9 Å². The molecule has 5 rings (SSSR count). The largest absolute Gasteiger partial charge is 0.481 e. The Kier molecular flexibility index (Phi) is 40.9. The fourth-order valence-electron chi connectivity index (χ4n) is 12.8. The molecule has 12 amide bonds. The number of hydrogen-bond donors (Lipinski definition) is 8. The number of likely N-dealkylation sites (N-methyl/N-ethyl adjacent to an activating group) is 2. The van der Waals surface area contributed by atoms with Gasteiger partial charge in [-0.15, -0.1) is 34.9 Å². The molecule has 3 unspecified atom stereocenters. The number of fused-ring (bicyclic) bond motifs is 5. The van der Waals surface area contributed by atoms with E-state index in [4.69, 9.17) is 23.7 Å². The van der Waals surface area contributed by atoms with Crippen LogP contribution in [0.25, 0.3) is 0 Å². The van der Waals surface area contributed by atoms with Crippen molar-refractivity contribution in [2.75, 3.05) is 112 Å². The van der Waals surface area contributed by atoms with Gasteiger partial charge in [0.05, 0.1) is 48.4 Å². The first-order chi connectivity index (χ1) is 53.6. The maximum atomic E-state index is 14.5. The molecule has 0 saturated carbocycles. The van der Waals surface area contributed by atoms with Gasteiger partial charge in [0.1, 0.15) is 47.8 Å². The van der Waals surface area contributed by atoms with Crippen molar-refractivity contribution in [3.63, 3.8) is 0 Å². The number of Topliss-reactive ketones (excluding diaryl/α,β-unsaturated/α-hetero) is 1. The third-order valence-corrected chi connectivity index (χ3v) is 23.8. The first kappa shape index (κ1) is 95.6. The predicted octanol–water partition coefficient (Wildman–Crippen LogP) is 4.11. The lowest BCUT2D eigenvalue weighted by atomic mass is 9.92. The van der Waals surface area contributed by atoms with E-state index >= 15 is 0 Å². The molecule has 113 heavy (non-hydrogen) atoms. The van der Waals surface area contributed by atoms with E-state index in [0.717, 1.165) is 44.7 Å². The van der Waals surface area contributed by atoms with Crippen molar-refractivity contribution >= 4 is 129 Å². The number of esters is 1. The molecule has 2 aromatic rings. The first-order valence-electron chi connectivity index (χ1n) is 38.7. The SMILES string of the molecule is CC[C@H](C)[C@H](NC(=O)C(C)(C)N(C)C)C(=O)N(C)[C@H](C[C@@H](OC(C)=O)c1nc(C(=O)N[C@@H](Cc2ccc3c(c2)NC(=O)CCCNC(=O)[C@H](CCCCNC(=O)COCCOC)N2C(=O)CC(SCSC4CC(=O)N(C4=O)[C@@H](CCCCNC(=O)COCCOC)C(=O)NCCCC(=O)C3)C2=O)CC(C)C(=O)O)cs1)C(C)C. The van der Waals surface area contributed by atoms with Crippen molar-refractivity contribution in [2.45, 2.75) is 217 Å². The molecule has 33 nitrogen and oxygen atoms in total. The molecule has 3 aliphatic rings. The number of benzene rings is 1. The third-order valence-electron chi connectivity index (χ3n) is 20.2. The number of rotatable bonds is 39. The number of thioether (sulfide) groups is 2. The minimum atomic E-state index is -1.30. The summed E-state index contributed by atoms with van der Waals surface area (Å²) in [6.07, 6.45) is -0.0774. The highest BCUT2D eigenvalue weighted by molar-refractivity contribution is 8.17. The Morgan fingerprint density at radius 1 is 0.735 bits per heavy atom. The number of unbranched alkanes of at least 4 members (excludes halogenated alkanes) is 2. The van der Waals surface area contributed by atoms with Crippen molar-refractivity contribution in [1.29, 1.82) is 0 Å². The summed E-state index contributed by atoms with van der Waals surface area (Å²) in [5, 5.41) is 30.0. The zero-order valence-electron chi connectivity index (χ0n) is 67.5. The molecule has 1 aromatic heterocycles. The number of carboxylic acids is 1. The van der Waals surface area contributed by atoms with E-state index in [-0.39, 0.29) is 205 Å². The van der Waals surface area contributed by atoms with E-state index in [1.807, 2.05) is 27.7 Å². The number of ether oxygens (including phenoxy) is 5. The monoisotopic (exact) mass is 1640 g/mol. The summed E-state index contributed by atoms with van der Waals surface area (Å²) in [4.78, 5) is 216. The summed E-state index contributed by atoms with van der Waals surface area (Å²) < 4.78 is 26.4. The highest BCUT2D eigenvalue weighted by atomic mass is 32.2. The smallest absolute Gasteiger partial charge is 0.306 e. The van der Waals surface area contributed by atoms with E-state index in [2.05, 4.69) is 42.2 Å². The summed E-state index contributed by atoms with van der Waals surface area (Å²) in [7, 11) is 8.18. The second-order valence-electron chi connectivity index (χ2n) is 29.7. The fourth-order valence-corrected chi connectivity index (χ4v) is 16.3. The third kappa shape index (κ3) is 30.6. The van der Waals surface area contributed by atoms with Gasteiger partial charge >= 0.3 is 11.9 Å². The molecular weight excluding hydrogens is 1530 g/mol. The number of carbonyl (C=O) groups excluding carboxylic acids is 14. The van der Waals surface area contributed by atoms with Crippen molar-refractivity contribution in [1.82, 2.24) is 56.5 Å². The Morgan fingerprint density at radius 3 is 1.79 bits per heavy atom. The Bertz CT molecular complexity index is 3600. The van der Waals surface area contributed by atoms with Gasteiger partial charge in [-0.05, 0) is 121 Å². The summed E-state index contributed by atoms with van der Waals surface area (Å²) in [5.41, 5.74) is 0.0166. The summed E-state index contributed by atoms with van der Waals surface area (Å²) in [6.45, 7) is 14.7. The van der Waals surface area contributed by atoms with Crippen LogP contribution in [0.4, 0.5) is 5.69 Å². The van der Waals surface area contributed by atoms with Gasteiger partial charge in [-0.2, -0.15) is 0 Å². The molecule has 0 radical (unpaired) electrons. The molecular formula is C77H118N12O21S3. The molecule has 10 atom stereocenters. The fraction of sp³-hybridized carbons (Fsp3) is 0.688. The lowest BCUT2D eigenvalue weighted by molar-refractivity contribution is -0.149. The molecule has 4 bridgehead atoms. The lowest BCUT2D eigenvalue weighted by Crippen LogP contribution is -2.60. The predicted molar refractivity (Wildman–Crippen MR) is 424 cm³/mol. The number of amides is 12. The van der Waals surface area contributed by atoms with Crippen LogP contribution in [0.5, 0.6) is 0 Å². The first-order valence-corrected chi connectivity index (χ1v) is 41.6. The van der Waals surface area contributed by atoms with Crippen molar-refractivity contribution in [3.8, 4) is 0 Å². The minimum absolute atomic E-state index is 0.00348. The maximum absolute atomic E-state index is 14.5. The van der Waals surface area contributed by atoms with Crippen LogP contribution < -0.4 is 37.2 Å². The van der Waals surface area contributed by atoms with Crippen LogP contribution in [-0.4, -0.2) is 271 Å². The van der Waals surface area contributed by atoms with Gasteiger partial charge in [-0.3, -0.25) is 86.6 Å². The number of aliphatic carboxylic acids is 1. The topological polar surface area (TPSA) is 432 Å². The van der Waals surface area contributed by atoms with Gasteiger partial charge in [0.15, 0.2) is 6.10 Å². The molecule has 1 aromatic carbocycles. The molecule has 630 valence electrons. The Morgan fingerprint density at radius 2 is 1.28 bits per heavy atom. The van der Waals surface area contributed by atoms with Gasteiger partial charge in [0.2, 0.25) is 65.0 Å². The molecule has 8 N–H and O–H groups in total. The normalized spacial score (nSPS) is 19.6. The standard InChI is InChI=1S/C77H118N12O21S3/c1-14-47(4)67(85-76(105)77(7,8)86(9)10)74(102)87(11)58(46(2)3)39-59(110-49(6)90)71-84-55(44-111-71)68(97)82-52(35-48(5)75(103)104)36-50-25-26-51-38-53(91)21-19-29-80-69(98)56(22-15-17-27-78-63(93)42-108-33-31-106-12)88-65(95)40-60(72(88)100)112-45-113-61-41-66(96)89(73(61)101)57(23-16-18-28-79-64(94)43-109-34-32-107-13)70(99)81-30-20-24-62(92)83-54(51)37-50/h25-26,37,44,46-48,52,56-61,67H,14-24,27-36,38-43,45H2,1-13H3,(H,78,93)(H,79,94)(H,80,98)(H,81,99)(H,82,97)(H,83,92)(H,85,105)(H,103,104)/t47-,48?,52+,56-,57-,58+,59+,60?,61?,67-/m0/s1. The highest BCUT2D eigenvalue weighted by Crippen LogP contribution is 2.37. The number of carboxylic acid groups (broad SMARTS) is 1. The van der Waals surface area contributed by atoms with Crippen LogP contribution in [0.2, 0.25) is 0 Å². The van der Waals surface area contributed by atoms with Crippen molar-refractivity contribution < 1.29 is 101 Å². The number of anilines is 1. The number of aromatic nitrogens is 1. The number of imide groups is 2. The second-order valence-corrected chi connectivity index (χ2v) is 33.3. The van der Waals surface area contributed by atoms with E-state index < -0.39 is 117 Å². The molecule has 2 fully saturated rings. The average Bonchev–Trinajstić information content (AvgIpc) is 1.53. The van der Waals surface area contributed by atoms with Crippen LogP contribution >= 0.6 is 34.9 Å². The number of carbonyl (C=O) groups is 15. The number of methoxy groups -OCH3 is 2. The summed E-state index contributed by atoms with van der Waals surface area (Å²) >= 11 is 3.19. The van der Waals surface area contributed by atoms with Crippen LogP contribution in [0.1, 0.15) is 184 Å². The molecule has 2 saturated heterocycles. The van der Waals surface area contributed by atoms with Gasteiger partial charge in [0.25, 0.3) is 5.91 Å². The zero-order valence-corrected chi connectivity index (χ0v) is 70.0. The zero-order chi connectivity index (χ0) is 83.6. The van der Waals surface area contributed by atoms with Crippen LogP contribution in [0, 0.1) is 17.8 Å². The summed E-state index contributed by atoms with van der Waals surface area (Å²) in [6, 6.07) is -0.0592. The van der Waals surface area contributed by atoms with Gasteiger partial charge in [-0.1, -0.05) is 53.2 Å². The van der Waals surface area contributed by atoms with E-state index in [9.17, 15) is 77.0 Å². The van der Waals surface area contributed by atoms with Crippen LogP contribution in [0.15, 0.2) is 23.6 Å². The summed E-state index contributed by atoms with van der Waals surface area (Å²) in [5.74, 6) is -10.1. The Labute approximate surface area is 674 Å². The quantitative estimate of drug-likeness (QED) is 0.0265. The number of nitrogens with one attached hydrogen (secondary N) is 7. The molecule has 0 aliphatic carbocycles.